The molecule has 0 spiro atoms. The van der Waals surface area contributed by atoms with Gasteiger partial charge in [0, 0.05) is 7.77 Å². The van der Waals surface area contributed by atoms with Crippen LogP contribution < -0.4 is 0 Å². The van der Waals surface area contributed by atoms with Crippen molar-refractivity contribution >= 4 is 13.8 Å². The SMILES string of the molecule is [2H][C@H]1[C@H](O)[C@@H](O)[C@@H]([C@H](O)COP(=O)(O)O)O[C@@]1(O)C(=O)O. The van der Waals surface area contributed by atoms with Gasteiger partial charge in [-0.2, -0.15) is 0 Å². The van der Waals surface area contributed by atoms with E-state index in [1.54, 1.807) is 0 Å². The Labute approximate surface area is 113 Å². The van der Waals surface area contributed by atoms with Gasteiger partial charge in [0.2, 0.25) is 0 Å². The maximum absolute atomic E-state index is 10.9. The van der Waals surface area contributed by atoms with Gasteiger partial charge in [0.15, 0.2) is 0 Å². The summed E-state index contributed by atoms with van der Waals surface area (Å²) in [5, 5.41) is 47.2. The third-order valence-corrected chi connectivity index (χ3v) is 2.98. The molecule has 1 rings (SSSR count). The van der Waals surface area contributed by atoms with Crippen LogP contribution in [0.5, 0.6) is 0 Å². The fourth-order valence-corrected chi connectivity index (χ4v) is 1.88. The Morgan fingerprint density at radius 3 is 2.55 bits per heavy atom. The fraction of sp³-hybridized carbons (Fsp3) is 0.875. The molecule has 0 bridgehead atoms. The van der Waals surface area contributed by atoms with Crippen LogP contribution in [0.2, 0.25) is 0 Å². The van der Waals surface area contributed by atoms with Crippen molar-refractivity contribution in [2.75, 3.05) is 6.61 Å². The number of carboxylic acids is 1. The number of aliphatic hydroxyl groups is 4. The molecule has 118 valence electrons. The number of ether oxygens (including phenoxy) is 1. The molecule has 1 fully saturated rings. The van der Waals surface area contributed by atoms with Crippen LogP contribution in [0.25, 0.3) is 0 Å². The number of carboxylic acid groups (broad SMARTS) is 1. The Hall–Kier alpha value is -0.620. The average Bonchev–Trinajstić information content (AvgIpc) is 2.36. The van der Waals surface area contributed by atoms with Gasteiger partial charge >= 0.3 is 13.8 Å². The molecule has 0 aromatic rings. The van der Waals surface area contributed by atoms with Crippen LogP contribution in [0, 0.1) is 0 Å². The third kappa shape index (κ3) is 4.19. The summed E-state index contributed by atoms with van der Waals surface area (Å²) in [7, 11) is -4.94. The highest BCUT2D eigenvalue weighted by Crippen LogP contribution is 2.37. The number of aliphatic hydroxyl groups excluding tert-OH is 3. The molecule has 0 aromatic carbocycles. The molecular formula is C8H15O11P. The molecule has 0 radical (unpaired) electrons. The summed E-state index contributed by atoms with van der Waals surface area (Å²) in [4.78, 5) is 27.8. The highest BCUT2D eigenvalue weighted by molar-refractivity contribution is 7.46. The minimum Gasteiger partial charge on any atom is -0.477 e. The van der Waals surface area contributed by atoms with E-state index >= 15 is 0 Å². The second kappa shape index (κ2) is 6.02. The number of phosphoric ester groups is 1. The first-order valence-electron chi connectivity index (χ1n) is 5.78. The van der Waals surface area contributed by atoms with Gasteiger partial charge in [-0.15, -0.1) is 0 Å². The maximum atomic E-state index is 10.9. The molecule has 11 nitrogen and oxygen atoms in total. The van der Waals surface area contributed by atoms with Crippen molar-refractivity contribution in [3.05, 3.63) is 0 Å². The molecule has 1 aliphatic rings. The van der Waals surface area contributed by atoms with E-state index in [2.05, 4.69) is 9.26 Å². The molecular weight excluding hydrogens is 303 g/mol. The van der Waals surface area contributed by atoms with Crippen LogP contribution >= 0.6 is 7.82 Å². The first kappa shape index (κ1) is 15.8. The van der Waals surface area contributed by atoms with Gasteiger partial charge in [-0.25, -0.2) is 9.36 Å². The zero-order chi connectivity index (χ0) is 16.6. The first-order valence-corrected chi connectivity index (χ1v) is 6.73. The Bertz CT molecular complexity index is 440. The predicted octanol–water partition coefficient (Wildman–Crippen LogP) is -3.26. The predicted molar refractivity (Wildman–Crippen MR) is 58.1 cm³/mol. The van der Waals surface area contributed by atoms with Crippen molar-refractivity contribution in [2.24, 2.45) is 0 Å². The molecule has 0 aromatic heterocycles. The number of hydrogen-bond donors (Lipinski definition) is 7. The lowest BCUT2D eigenvalue weighted by molar-refractivity contribution is -0.308. The van der Waals surface area contributed by atoms with Gasteiger partial charge in [0.05, 0.1) is 12.7 Å². The normalized spacial score (nSPS) is 41.0. The third-order valence-electron chi connectivity index (χ3n) is 2.50. The summed E-state index contributed by atoms with van der Waals surface area (Å²) in [5.74, 6) is -5.26. The van der Waals surface area contributed by atoms with Gasteiger partial charge in [0.1, 0.15) is 18.3 Å². The number of hydrogen-bond acceptors (Lipinski definition) is 8. The fourth-order valence-electron chi connectivity index (χ4n) is 1.54. The molecule has 1 saturated heterocycles. The van der Waals surface area contributed by atoms with E-state index in [4.69, 9.17) is 16.3 Å². The van der Waals surface area contributed by atoms with Gasteiger partial charge in [-0.3, -0.25) is 4.52 Å². The van der Waals surface area contributed by atoms with Crippen LogP contribution in [0.1, 0.15) is 7.77 Å². The minimum atomic E-state index is -4.94. The lowest BCUT2D eigenvalue weighted by Gasteiger charge is -2.41. The lowest BCUT2D eigenvalue weighted by atomic mass is 9.93. The van der Waals surface area contributed by atoms with E-state index < -0.39 is 57.0 Å². The Kier molecular flexibility index (Phi) is 4.74. The average molecular weight is 319 g/mol. The highest BCUT2D eigenvalue weighted by Gasteiger charge is 2.52. The van der Waals surface area contributed by atoms with Crippen LogP contribution in [0.15, 0.2) is 0 Å². The Morgan fingerprint density at radius 2 is 2.10 bits per heavy atom. The molecule has 0 unspecified atom stereocenters. The number of rotatable bonds is 5. The van der Waals surface area contributed by atoms with Gasteiger partial charge in [-0.05, 0) is 0 Å². The number of phosphoric acid groups is 1. The highest BCUT2D eigenvalue weighted by atomic mass is 31.2. The van der Waals surface area contributed by atoms with Crippen molar-refractivity contribution < 1.29 is 55.3 Å². The molecule has 1 heterocycles. The van der Waals surface area contributed by atoms with E-state index in [-0.39, 0.29) is 0 Å². The van der Waals surface area contributed by atoms with E-state index in [0.717, 1.165) is 0 Å². The van der Waals surface area contributed by atoms with Crippen molar-refractivity contribution in [3.8, 4) is 0 Å². The molecule has 1 aliphatic heterocycles. The summed E-state index contributed by atoms with van der Waals surface area (Å²) < 4.78 is 26.3. The largest absolute Gasteiger partial charge is 0.477 e. The van der Waals surface area contributed by atoms with E-state index in [9.17, 15) is 29.8 Å². The quantitative estimate of drug-likeness (QED) is 0.251. The second-order valence-corrected chi connectivity index (χ2v) is 5.32. The molecule has 6 atom stereocenters. The van der Waals surface area contributed by atoms with Crippen LogP contribution in [-0.2, 0) is 18.6 Å². The molecule has 0 amide bonds. The van der Waals surface area contributed by atoms with Gasteiger partial charge < -0.3 is 40.1 Å². The van der Waals surface area contributed by atoms with E-state index in [1.807, 2.05) is 0 Å². The molecule has 12 heteroatoms. The molecule has 0 saturated carbocycles. The zero-order valence-corrected chi connectivity index (χ0v) is 10.7. The van der Waals surface area contributed by atoms with Crippen molar-refractivity contribution in [1.82, 2.24) is 0 Å². The minimum absolute atomic E-state index is 1.07. The summed E-state index contributed by atoms with van der Waals surface area (Å²) in [6.45, 7) is -1.07. The second-order valence-electron chi connectivity index (χ2n) is 4.09. The van der Waals surface area contributed by atoms with Crippen LogP contribution in [-0.4, -0.2) is 78.1 Å². The maximum Gasteiger partial charge on any atom is 0.469 e. The lowest BCUT2D eigenvalue weighted by Crippen LogP contribution is -2.61. The van der Waals surface area contributed by atoms with Crippen molar-refractivity contribution in [2.45, 2.75) is 36.6 Å². The smallest absolute Gasteiger partial charge is 0.469 e. The van der Waals surface area contributed by atoms with Gasteiger partial charge in [-0.1, -0.05) is 0 Å². The summed E-state index contributed by atoms with van der Waals surface area (Å²) in [6, 6.07) is 0. The van der Waals surface area contributed by atoms with Gasteiger partial charge in [0.25, 0.3) is 5.79 Å². The standard InChI is InChI=1S/C8H15O11P/c9-3-1-8(14,7(12)13)19-6(5(3)11)4(10)2-18-20(15,16)17/h3-6,9-11,14H,1-2H2,(H,12,13)(H2,15,16,17)/t3-,4+,5+,6+,8+/m0/s1/i1D/t1-,3-,4+,5+,6+,8+. The van der Waals surface area contributed by atoms with E-state index in [0.29, 0.717) is 0 Å². The first-order chi connectivity index (χ1) is 9.40. The van der Waals surface area contributed by atoms with Crippen LogP contribution in [0.3, 0.4) is 0 Å². The molecule has 0 aliphatic carbocycles. The Balaban J connectivity index is 2.91. The molecule has 7 N–H and O–H groups in total. The summed E-state index contributed by atoms with van der Waals surface area (Å²) >= 11 is 0. The number of carbonyl (C=O) groups is 1. The topological polar surface area (TPSA) is 194 Å². The van der Waals surface area contributed by atoms with Crippen molar-refractivity contribution in [3.63, 3.8) is 0 Å². The summed E-state index contributed by atoms with van der Waals surface area (Å²) in [6.07, 6.45) is -10.2. The number of aliphatic carboxylic acids is 1. The molecule has 20 heavy (non-hydrogen) atoms. The van der Waals surface area contributed by atoms with Crippen molar-refractivity contribution in [1.29, 1.82) is 0 Å². The Morgan fingerprint density at radius 1 is 1.55 bits per heavy atom. The van der Waals surface area contributed by atoms with E-state index in [1.165, 1.54) is 0 Å². The monoisotopic (exact) mass is 319 g/mol. The zero-order valence-electron chi connectivity index (χ0n) is 10.8. The summed E-state index contributed by atoms with van der Waals surface area (Å²) in [5.41, 5.74) is 0. The van der Waals surface area contributed by atoms with Crippen LogP contribution in [0.4, 0.5) is 0 Å².